The van der Waals surface area contributed by atoms with E-state index in [1.54, 1.807) is 6.07 Å². The number of fused-ring (bicyclic) bond motifs is 1. The maximum absolute atomic E-state index is 10.0. The van der Waals surface area contributed by atoms with Crippen LogP contribution in [-0.2, 0) is 9.53 Å². The summed E-state index contributed by atoms with van der Waals surface area (Å²) in [7, 11) is 1.85. The average Bonchev–Trinajstić information content (AvgIpc) is 2.79. The quantitative estimate of drug-likeness (QED) is 0.456. The van der Waals surface area contributed by atoms with Gasteiger partial charge in [-0.3, -0.25) is 4.79 Å². The largest absolute Gasteiger partial charge is 0.466 e. The molecule has 2 aromatic rings. The predicted molar refractivity (Wildman–Crippen MR) is 61.5 cm³/mol. The summed E-state index contributed by atoms with van der Waals surface area (Å²) in [4.78, 5) is 11.9. The zero-order chi connectivity index (χ0) is 12.3. The van der Waals surface area contributed by atoms with Crippen LogP contribution in [0.25, 0.3) is 11.0 Å². The number of nitrogens with two attached hydrogens (primary N) is 1. The van der Waals surface area contributed by atoms with Gasteiger partial charge >= 0.3 is 0 Å². The van der Waals surface area contributed by atoms with Crippen LogP contribution in [-0.4, -0.2) is 37.0 Å². The van der Waals surface area contributed by atoms with E-state index >= 15 is 0 Å². The molecule has 0 amide bonds. The Bertz CT molecular complexity index is 525. The van der Waals surface area contributed by atoms with Gasteiger partial charge in [-0.2, -0.15) is 0 Å². The molecule has 0 aliphatic carbocycles. The molecular formula is C10H12N4O3. The highest BCUT2D eigenvalue weighted by molar-refractivity contribution is 5.95. The predicted octanol–water partition coefficient (Wildman–Crippen LogP) is 0.414. The summed E-state index contributed by atoms with van der Waals surface area (Å²) < 4.78 is 9.30. The number of aromatic nitrogens is 2. The van der Waals surface area contributed by atoms with E-state index in [0.29, 0.717) is 36.3 Å². The number of carbonyl (C=O) groups excluding carboxylic acids is 1. The van der Waals surface area contributed by atoms with E-state index in [9.17, 15) is 4.79 Å². The van der Waals surface area contributed by atoms with E-state index < -0.39 is 0 Å². The number of hydrogen-bond donors (Lipinski definition) is 1. The standard InChI is InChI=1S/C10H12N4O3/c1-14(4-5-16-6-15)8-3-2-7(11)9-10(8)13-17-12-9/h2-3,6H,4-5,11H2,1H3. The van der Waals surface area contributed by atoms with E-state index in [1.165, 1.54) is 0 Å². The Morgan fingerprint density at radius 2 is 2.24 bits per heavy atom. The molecule has 0 spiro atoms. The van der Waals surface area contributed by atoms with Crippen molar-refractivity contribution in [2.24, 2.45) is 0 Å². The first kappa shape index (κ1) is 11.2. The minimum atomic E-state index is 0.303. The molecular weight excluding hydrogens is 224 g/mol. The molecule has 0 atom stereocenters. The zero-order valence-corrected chi connectivity index (χ0v) is 9.29. The van der Waals surface area contributed by atoms with Crippen LogP contribution in [0, 0.1) is 0 Å². The van der Waals surface area contributed by atoms with Crippen LogP contribution >= 0.6 is 0 Å². The Balaban J connectivity index is 2.25. The van der Waals surface area contributed by atoms with Crippen molar-refractivity contribution in [1.29, 1.82) is 0 Å². The van der Waals surface area contributed by atoms with E-state index in [0.717, 1.165) is 5.69 Å². The molecule has 0 fully saturated rings. The third-order valence-corrected chi connectivity index (χ3v) is 2.45. The molecule has 1 aromatic heterocycles. The average molecular weight is 236 g/mol. The summed E-state index contributed by atoms with van der Waals surface area (Å²) in [5.41, 5.74) is 8.21. The van der Waals surface area contributed by atoms with Gasteiger partial charge in [0.2, 0.25) is 0 Å². The number of anilines is 2. The van der Waals surface area contributed by atoms with Gasteiger partial charge in [-0.25, -0.2) is 4.63 Å². The lowest BCUT2D eigenvalue weighted by atomic mass is 10.2. The molecule has 0 aliphatic heterocycles. The molecule has 0 unspecified atom stereocenters. The number of carbonyl (C=O) groups is 1. The zero-order valence-electron chi connectivity index (χ0n) is 9.29. The Morgan fingerprint density at radius 1 is 1.47 bits per heavy atom. The normalized spacial score (nSPS) is 10.4. The Morgan fingerprint density at radius 3 is 3.00 bits per heavy atom. The first-order valence-electron chi connectivity index (χ1n) is 5.01. The van der Waals surface area contributed by atoms with Crippen LogP contribution in [0.3, 0.4) is 0 Å². The summed E-state index contributed by atoms with van der Waals surface area (Å²) >= 11 is 0. The van der Waals surface area contributed by atoms with Gasteiger partial charge in [0.05, 0.1) is 17.9 Å². The SMILES string of the molecule is CN(CCOC=O)c1ccc(N)c2nonc12. The first-order valence-corrected chi connectivity index (χ1v) is 5.01. The van der Waals surface area contributed by atoms with Crippen LogP contribution in [0.4, 0.5) is 11.4 Å². The maximum atomic E-state index is 10.0. The molecule has 1 aromatic carbocycles. The van der Waals surface area contributed by atoms with Crippen LogP contribution < -0.4 is 10.6 Å². The summed E-state index contributed by atoms with van der Waals surface area (Å²) in [6.07, 6.45) is 0. The Hall–Kier alpha value is -2.31. The number of benzene rings is 1. The minimum Gasteiger partial charge on any atom is -0.466 e. The van der Waals surface area contributed by atoms with Crippen molar-refractivity contribution in [1.82, 2.24) is 10.3 Å². The van der Waals surface area contributed by atoms with Crippen molar-refractivity contribution >= 4 is 28.9 Å². The second-order valence-corrected chi connectivity index (χ2v) is 3.52. The van der Waals surface area contributed by atoms with Crippen LogP contribution in [0.2, 0.25) is 0 Å². The third-order valence-electron chi connectivity index (χ3n) is 2.45. The number of hydrogen-bond acceptors (Lipinski definition) is 7. The lowest BCUT2D eigenvalue weighted by Crippen LogP contribution is -2.22. The highest BCUT2D eigenvalue weighted by Gasteiger charge is 2.12. The monoisotopic (exact) mass is 236 g/mol. The van der Waals surface area contributed by atoms with Crippen molar-refractivity contribution in [2.75, 3.05) is 30.8 Å². The highest BCUT2D eigenvalue weighted by Crippen LogP contribution is 2.27. The molecule has 0 bridgehead atoms. The van der Waals surface area contributed by atoms with Gasteiger partial charge in [0.25, 0.3) is 6.47 Å². The topological polar surface area (TPSA) is 94.5 Å². The molecule has 0 aliphatic rings. The number of nitrogen functional groups attached to an aromatic ring is 1. The number of likely N-dealkylation sites (N-methyl/N-ethyl adjacent to an activating group) is 1. The summed E-state index contributed by atoms with van der Waals surface area (Å²) in [5.74, 6) is 0. The van der Waals surface area contributed by atoms with E-state index in [2.05, 4.69) is 19.7 Å². The molecule has 7 heteroatoms. The van der Waals surface area contributed by atoms with Crippen molar-refractivity contribution < 1.29 is 14.2 Å². The smallest absolute Gasteiger partial charge is 0.293 e. The highest BCUT2D eigenvalue weighted by atomic mass is 16.6. The van der Waals surface area contributed by atoms with Crippen molar-refractivity contribution in [3.05, 3.63) is 12.1 Å². The summed E-state index contributed by atoms with van der Waals surface area (Å²) in [6, 6.07) is 3.56. The van der Waals surface area contributed by atoms with Gasteiger partial charge in [-0.05, 0) is 22.4 Å². The van der Waals surface area contributed by atoms with Crippen LogP contribution in [0.1, 0.15) is 0 Å². The Labute approximate surface area is 97.1 Å². The molecule has 1 heterocycles. The molecule has 17 heavy (non-hydrogen) atoms. The van der Waals surface area contributed by atoms with Gasteiger partial charge in [0.15, 0.2) is 11.0 Å². The number of rotatable bonds is 5. The second-order valence-electron chi connectivity index (χ2n) is 3.52. The summed E-state index contributed by atoms with van der Waals surface area (Å²) in [6.45, 7) is 1.27. The molecule has 7 nitrogen and oxygen atoms in total. The molecule has 0 saturated heterocycles. The molecule has 0 saturated carbocycles. The van der Waals surface area contributed by atoms with E-state index in [1.807, 2.05) is 18.0 Å². The van der Waals surface area contributed by atoms with Crippen molar-refractivity contribution in [3.8, 4) is 0 Å². The molecule has 0 radical (unpaired) electrons. The third kappa shape index (κ3) is 2.12. The van der Waals surface area contributed by atoms with Gasteiger partial charge < -0.3 is 15.4 Å². The van der Waals surface area contributed by atoms with Crippen LogP contribution in [0.5, 0.6) is 0 Å². The van der Waals surface area contributed by atoms with Gasteiger partial charge in [-0.15, -0.1) is 0 Å². The fraction of sp³-hybridized carbons (Fsp3) is 0.300. The van der Waals surface area contributed by atoms with Crippen molar-refractivity contribution in [3.63, 3.8) is 0 Å². The Kier molecular flexibility index (Phi) is 3.08. The van der Waals surface area contributed by atoms with E-state index in [-0.39, 0.29) is 0 Å². The first-order chi connectivity index (χ1) is 8.24. The second kappa shape index (κ2) is 4.69. The van der Waals surface area contributed by atoms with Crippen molar-refractivity contribution in [2.45, 2.75) is 0 Å². The van der Waals surface area contributed by atoms with Crippen LogP contribution in [0.15, 0.2) is 16.8 Å². The van der Waals surface area contributed by atoms with Gasteiger partial charge in [0.1, 0.15) is 6.61 Å². The maximum Gasteiger partial charge on any atom is 0.293 e. The van der Waals surface area contributed by atoms with E-state index in [4.69, 9.17) is 5.73 Å². The minimum absolute atomic E-state index is 0.303. The van der Waals surface area contributed by atoms with Gasteiger partial charge in [0, 0.05) is 7.05 Å². The summed E-state index contributed by atoms with van der Waals surface area (Å²) in [5, 5.41) is 7.54. The number of nitrogens with zero attached hydrogens (tertiary/aromatic N) is 3. The van der Waals surface area contributed by atoms with Gasteiger partial charge in [-0.1, -0.05) is 0 Å². The fourth-order valence-corrected chi connectivity index (χ4v) is 1.54. The molecule has 90 valence electrons. The lowest BCUT2D eigenvalue weighted by Gasteiger charge is -2.18. The number of ether oxygens (including phenoxy) is 1. The molecule has 2 N–H and O–H groups in total. The fourth-order valence-electron chi connectivity index (χ4n) is 1.54. The molecule has 2 rings (SSSR count). The lowest BCUT2D eigenvalue weighted by molar-refractivity contribution is -0.128.